The third kappa shape index (κ3) is 4.16. The number of thioether (sulfide) groups is 1. The molecule has 1 aliphatic carbocycles. The number of likely N-dealkylation sites (tertiary alicyclic amines) is 1. The SMILES string of the molecule is CC(/C=C\c1ccccc1)=N\NC(=S)SCN1C(=O)C2CCC(C)(C1=O)C2(C)C. The number of nitrogens with one attached hydrogen (secondary N) is 1. The number of thiocarbonyl (C=S) groups is 1. The van der Waals surface area contributed by atoms with Gasteiger partial charge in [0.15, 0.2) is 4.32 Å². The zero-order chi connectivity index (χ0) is 21.2. The summed E-state index contributed by atoms with van der Waals surface area (Å²) in [5, 5.41) is 4.25. The van der Waals surface area contributed by atoms with Crippen LogP contribution in [0.3, 0.4) is 0 Å². The number of piperidine rings is 1. The summed E-state index contributed by atoms with van der Waals surface area (Å²) in [6, 6.07) is 9.96. The van der Waals surface area contributed by atoms with Gasteiger partial charge in [-0.25, -0.2) is 0 Å². The van der Waals surface area contributed by atoms with E-state index in [-0.39, 0.29) is 29.0 Å². The highest BCUT2D eigenvalue weighted by atomic mass is 32.2. The number of hydrazone groups is 1. The van der Waals surface area contributed by atoms with Crippen molar-refractivity contribution >= 4 is 51.9 Å². The maximum absolute atomic E-state index is 13.0. The van der Waals surface area contributed by atoms with Gasteiger partial charge >= 0.3 is 0 Å². The fourth-order valence-corrected chi connectivity index (χ4v) is 4.94. The zero-order valence-electron chi connectivity index (χ0n) is 17.3. The number of allylic oxidation sites excluding steroid dienone is 1. The Hall–Kier alpha value is -1.99. The standard InChI is InChI=1S/C22H27N3O2S2/c1-15(10-11-16-8-6-5-7-9-16)23-24-20(28)29-14-25-18(26)17-12-13-22(4,19(25)27)21(17,2)3/h5-11,17H,12-14H2,1-4H3,(H,24,28)/b11-10-,23-15+. The molecule has 29 heavy (non-hydrogen) atoms. The summed E-state index contributed by atoms with van der Waals surface area (Å²) in [7, 11) is 0. The van der Waals surface area contributed by atoms with E-state index in [1.165, 1.54) is 16.7 Å². The second-order valence-electron chi connectivity index (χ2n) is 8.39. The first-order valence-electron chi connectivity index (χ1n) is 9.73. The van der Waals surface area contributed by atoms with Crippen LogP contribution in [0.4, 0.5) is 0 Å². The Bertz CT molecular complexity index is 879. The third-order valence-corrected chi connectivity index (χ3v) is 7.66. The van der Waals surface area contributed by atoms with Gasteiger partial charge in [-0.1, -0.05) is 81.2 Å². The summed E-state index contributed by atoms with van der Waals surface area (Å²) >= 11 is 6.57. The second-order valence-corrected chi connectivity index (χ2v) is 10.0. The highest BCUT2D eigenvalue weighted by molar-refractivity contribution is 8.22. The van der Waals surface area contributed by atoms with Crippen LogP contribution < -0.4 is 5.43 Å². The summed E-state index contributed by atoms with van der Waals surface area (Å²) in [6.45, 7) is 7.94. The molecular weight excluding hydrogens is 402 g/mol. The first-order chi connectivity index (χ1) is 13.7. The largest absolute Gasteiger partial charge is 0.274 e. The average molecular weight is 430 g/mol. The number of fused-ring (bicyclic) bond motifs is 2. The molecule has 2 fully saturated rings. The van der Waals surface area contributed by atoms with E-state index in [0.717, 1.165) is 24.1 Å². The number of hydrogen-bond acceptors (Lipinski definition) is 5. The van der Waals surface area contributed by atoms with Crippen molar-refractivity contribution in [2.24, 2.45) is 21.8 Å². The molecule has 5 nitrogen and oxygen atoms in total. The summed E-state index contributed by atoms with van der Waals surface area (Å²) in [6.07, 6.45) is 5.40. The first kappa shape index (κ1) is 21.7. The molecule has 1 aliphatic heterocycles. The summed E-state index contributed by atoms with van der Waals surface area (Å²) in [5.74, 6) is -0.0337. The van der Waals surface area contributed by atoms with E-state index in [4.69, 9.17) is 12.2 Å². The molecule has 1 heterocycles. The number of amides is 2. The van der Waals surface area contributed by atoms with E-state index in [2.05, 4.69) is 10.5 Å². The van der Waals surface area contributed by atoms with Gasteiger partial charge in [0, 0.05) is 5.92 Å². The van der Waals surface area contributed by atoms with Crippen molar-refractivity contribution in [1.82, 2.24) is 10.3 Å². The van der Waals surface area contributed by atoms with Crippen molar-refractivity contribution < 1.29 is 9.59 Å². The smallest absolute Gasteiger partial charge is 0.236 e. The third-order valence-electron chi connectivity index (χ3n) is 6.47. The van der Waals surface area contributed by atoms with Crippen LogP contribution in [-0.4, -0.2) is 32.6 Å². The van der Waals surface area contributed by atoms with E-state index in [0.29, 0.717) is 4.32 Å². The number of benzene rings is 1. The molecule has 2 bridgehead atoms. The lowest BCUT2D eigenvalue weighted by Gasteiger charge is -2.47. The van der Waals surface area contributed by atoms with Gasteiger partial charge in [-0.15, -0.1) is 0 Å². The van der Waals surface area contributed by atoms with E-state index in [1.807, 2.05) is 70.2 Å². The highest BCUT2D eigenvalue weighted by Crippen LogP contribution is 2.60. The Balaban J connectivity index is 1.55. The topological polar surface area (TPSA) is 61.8 Å². The number of rotatable bonds is 5. The van der Waals surface area contributed by atoms with Crippen molar-refractivity contribution in [1.29, 1.82) is 0 Å². The molecule has 1 saturated heterocycles. The lowest BCUT2D eigenvalue weighted by Crippen LogP contribution is -2.58. The predicted octanol–water partition coefficient (Wildman–Crippen LogP) is 4.45. The number of imide groups is 1. The number of hydrogen-bond donors (Lipinski definition) is 1. The molecule has 2 unspecified atom stereocenters. The van der Waals surface area contributed by atoms with E-state index >= 15 is 0 Å². The highest BCUT2D eigenvalue weighted by Gasteiger charge is 2.64. The van der Waals surface area contributed by atoms with E-state index < -0.39 is 5.41 Å². The van der Waals surface area contributed by atoms with Gasteiger partial charge in [0.05, 0.1) is 17.0 Å². The maximum Gasteiger partial charge on any atom is 0.236 e. The molecule has 2 aliphatic rings. The molecule has 1 N–H and O–H groups in total. The molecule has 0 radical (unpaired) electrons. The Morgan fingerprint density at radius 3 is 2.69 bits per heavy atom. The minimum Gasteiger partial charge on any atom is -0.274 e. The lowest BCUT2D eigenvalue weighted by atomic mass is 9.62. The van der Waals surface area contributed by atoms with E-state index in [1.54, 1.807) is 0 Å². The molecule has 3 rings (SSSR count). The summed E-state index contributed by atoms with van der Waals surface area (Å²) in [5.41, 5.74) is 3.91. The minimum atomic E-state index is -0.488. The van der Waals surface area contributed by atoms with Gasteiger partial charge in [-0.05, 0) is 36.8 Å². The fraction of sp³-hybridized carbons (Fsp3) is 0.455. The van der Waals surface area contributed by atoms with Gasteiger partial charge in [0.1, 0.15) is 0 Å². The molecule has 1 saturated carbocycles. The lowest BCUT2D eigenvalue weighted by molar-refractivity contribution is -0.166. The monoisotopic (exact) mass is 429 g/mol. The van der Waals surface area contributed by atoms with Gasteiger partial charge in [0.25, 0.3) is 0 Å². The van der Waals surface area contributed by atoms with Gasteiger partial charge in [-0.2, -0.15) is 5.10 Å². The molecule has 7 heteroatoms. The Morgan fingerprint density at radius 1 is 1.31 bits per heavy atom. The summed E-state index contributed by atoms with van der Waals surface area (Å²) < 4.78 is 0.431. The number of carbonyl (C=O) groups excluding carboxylic acids is 2. The Morgan fingerprint density at radius 2 is 2.00 bits per heavy atom. The first-order valence-corrected chi connectivity index (χ1v) is 11.1. The van der Waals surface area contributed by atoms with Gasteiger partial charge < -0.3 is 0 Å². The Labute approximate surface area is 182 Å². The second kappa shape index (κ2) is 8.40. The number of carbonyl (C=O) groups is 2. The van der Waals surface area contributed by atoms with Crippen LogP contribution in [0.5, 0.6) is 0 Å². The molecule has 0 spiro atoms. The van der Waals surface area contributed by atoms with Gasteiger partial charge in [-0.3, -0.25) is 19.9 Å². The molecule has 1 aromatic rings. The van der Waals surface area contributed by atoms with Crippen LogP contribution in [0.2, 0.25) is 0 Å². The molecule has 2 amide bonds. The van der Waals surface area contributed by atoms with Gasteiger partial charge in [0.2, 0.25) is 11.8 Å². The Kier molecular flexibility index (Phi) is 6.29. The van der Waals surface area contributed by atoms with Crippen LogP contribution in [0, 0.1) is 16.7 Å². The summed E-state index contributed by atoms with van der Waals surface area (Å²) in [4.78, 5) is 27.2. The van der Waals surface area contributed by atoms with Crippen LogP contribution in [-0.2, 0) is 9.59 Å². The van der Waals surface area contributed by atoms with Crippen LogP contribution in [0.15, 0.2) is 41.5 Å². The van der Waals surface area contributed by atoms with Crippen molar-refractivity contribution in [2.75, 3.05) is 5.88 Å². The van der Waals surface area contributed by atoms with E-state index in [9.17, 15) is 9.59 Å². The predicted molar refractivity (Wildman–Crippen MR) is 123 cm³/mol. The van der Waals surface area contributed by atoms with Crippen LogP contribution >= 0.6 is 24.0 Å². The van der Waals surface area contributed by atoms with Crippen molar-refractivity contribution in [3.63, 3.8) is 0 Å². The normalized spacial score (nSPS) is 26.3. The quantitative estimate of drug-likeness (QED) is 0.324. The number of nitrogens with zero attached hydrogens (tertiary/aromatic N) is 2. The van der Waals surface area contributed by atoms with Crippen molar-refractivity contribution in [3.05, 3.63) is 42.0 Å². The molecule has 2 atom stereocenters. The molecule has 0 aromatic heterocycles. The van der Waals surface area contributed by atoms with Crippen LogP contribution in [0.25, 0.3) is 6.08 Å². The van der Waals surface area contributed by atoms with Crippen molar-refractivity contribution in [2.45, 2.75) is 40.5 Å². The van der Waals surface area contributed by atoms with Crippen LogP contribution in [0.1, 0.15) is 46.1 Å². The average Bonchev–Trinajstić information content (AvgIpc) is 2.89. The van der Waals surface area contributed by atoms with Crippen molar-refractivity contribution in [3.8, 4) is 0 Å². The maximum atomic E-state index is 13.0. The zero-order valence-corrected chi connectivity index (χ0v) is 18.9. The molecular formula is C22H27N3O2S2. The fourth-order valence-electron chi connectivity index (χ4n) is 4.13. The minimum absolute atomic E-state index is 0.0734. The molecule has 154 valence electrons. The molecule has 1 aromatic carbocycles.